The van der Waals surface area contributed by atoms with Crippen molar-refractivity contribution >= 4 is 35.6 Å². The third-order valence-electron chi connectivity index (χ3n) is 3.43. The van der Waals surface area contributed by atoms with Gasteiger partial charge in [-0.2, -0.15) is 0 Å². The number of nitrogens with one attached hydrogen (secondary N) is 2. The monoisotopic (exact) mass is 374 g/mol. The molecule has 1 fully saturated rings. The van der Waals surface area contributed by atoms with Crippen LogP contribution in [0, 0.1) is 5.92 Å². The maximum Gasteiger partial charge on any atom is 0.190 e. The van der Waals surface area contributed by atoms with Crippen LogP contribution >= 0.6 is 24.0 Å². The van der Waals surface area contributed by atoms with Gasteiger partial charge in [-0.25, -0.2) is 0 Å². The Labute approximate surface area is 132 Å². The van der Waals surface area contributed by atoms with Crippen LogP contribution in [-0.4, -0.2) is 39.7 Å². The van der Waals surface area contributed by atoms with Crippen molar-refractivity contribution in [1.29, 1.82) is 0 Å². The highest BCUT2D eigenvalue weighted by Gasteiger charge is 2.22. The van der Waals surface area contributed by atoms with Gasteiger partial charge in [0.15, 0.2) is 5.96 Å². The molecule has 0 aromatic heterocycles. The highest BCUT2D eigenvalue weighted by atomic mass is 127. The lowest BCUT2D eigenvalue weighted by molar-refractivity contribution is 0.568. The van der Waals surface area contributed by atoms with Gasteiger partial charge in [0.25, 0.3) is 0 Å². The smallest absolute Gasteiger partial charge is 0.190 e. The summed E-state index contributed by atoms with van der Waals surface area (Å²) in [5.41, 5.74) is 1.33. The number of aliphatic imine (C=N–C) groups is 1. The van der Waals surface area contributed by atoms with E-state index in [2.05, 4.69) is 50.9 Å². The van der Waals surface area contributed by atoms with Gasteiger partial charge in [-0.15, -0.1) is 24.0 Å². The van der Waals surface area contributed by atoms with E-state index >= 15 is 0 Å². The molecule has 4 nitrogen and oxygen atoms in total. The molecule has 19 heavy (non-hydrogen) atoms. The second kappa shape index (κ2) is 8.24. The van der Waals surface area contributed by atoms with Crippen molar-refractivity contribution in [3.63, 3.8) is 0 Å². The minimum atomic E-state index is 0. The van der Waals surface area contributed by atoms with Crippen LogP contribution in [0.15, 0.2) is 35.3 Å². The van der Waals surface area contributed by atoms with Crippen molar-refractivity contribution in [2.45, 2.75) is 6.42 Å². The van der Waals surface area contributed by atoms with Crippen molar-refractivity contribution in [2.75, 3.05) is 38.6 Å². The number of nitrogens with zero attached hydrogens (tertiary/aromatic N) is 2. The number of rotatable bonds is 3. The summed E-state index contributed by atoms with van der Waals surface area (Å²) < 4.78 is 0. The van der Waals surface area contributed by atoms with Gasteiger partial charge in [0, 0.05) is 39.4 Å². The summed E-state index contributed by atoms with van der Waals surface area (Å²) in [4.78, 5) is 6.58. The Morgan fingerprint density at radius 1 is 1.37 bits per heavy atom. The third-order valence-corrected chi connectivity index (χ3v) is 3.43. The number of benzene rings is 1. The minimum Gasteiger partial charge on any atom is -0.371 e. The molecule has 106 valence electrons. The van der Waals surface area contributed by atoms with Crippen molar-refractivity contribution in [1.82, 2.24) is 10.6 Å². The highest BCUT2D eigenvalue weighted by molar-refractivity contribution is 14.0. The number of guanidine groups is 1. The van der Waals surface area contributed by atoms with E-state index in [0.29, 0.717) is 5.92 Å². The van der Waals surface area contributed by atoms with E-state index in [1.165, 1.54) is 12.1 Å². The van der Waals surface area contributed by atoms with Crippen LogP contribution in [0.5, 0.6) is 0 Å². The molecule has 1 aliphatic rings. The van der Waals surface area contributed by atoms with E-state index in [4.69, 9.17) is 0 Å². The van der Waals surface area contributed by atoms with Crippen molar-refractivity contribution in [3.8, 4) is 0 Å². The fraction of sp³-hybridized carbons (Fsp3) is 0.500. The first kappa shape index (κ1) is 16.1. The van der Waals surface area contributed by atoms with Gasteiger partial charge in [-0.05, 0) is 24.5 Å². The summed E-state index contributed by atoms with van der Waals surface area (Å²) in [6.07, 6.45) is 1.24. The summed E-state index contributed by atoms with van der Waals surface area (Å²) in [6.45, 7) is 3.25. The number of hydrogen-bond acceptors (Lipinski definition) is 2. The SMILES string of the molecule is CN=C(NC)NCC1CCN(c2ccccc2)C1.I. The topological polar surface area (TPSA) is 39.7 Å². The molecule has 0 spiro atoms. The number of halogens is 1. The summed E-state index contributed by atoms with van der Waals surface area (Å²) in [7, 11) is 3.68. The van der Waals surface area contributed by atoms with Crippen LogP contribution in [-0.2, 0) is 0 Å². The van der Waals surface area contributed by atoms with E-state index in [9.17, 15) is 0 Å². The fourth-order valence-electron chi connectivity index (χ4n) is 2.39. The molecule has 1 atom stereocenters. The summed E-state index contributed by atoms with van der Waals surface area (Å²) in [5, 5.41) is 6.39. The number of para-hydroxylation sites is 1. The van der Waals surface area contributed by atoms with Gasteiger partial charge < -0.3 is 15.5 Å². The third kappa shape index (κ3) is 4.56. The second-order valence-corrected chi connectivity index (χ2v) is 4.64. The first-order chi connectivity index (χ1) is 8.83. The normalized spacial score (nSPS) is 18.9. The van der Waals surface area contributed by atoms with Gasteiger partial charge in [0.05, 0.1) is 0 Å². The average molecular weight is 374 g/mol. The molecule has 1 aliphatic heterocycles. The molecule has 0 aliphatic carbocycles. The average Bonchev–Trinajstić information content (AvgIpc) is 2.90. The quantitative estimate of drug-likeness (QED) is 0.483. The van der Waals surface area contributed by atoms with Gasteiger partial charge >= 0.3 is 0 Å². The van der Waals surface area contributed by atoms with Crippen LogP contribution in [0.2, 0.25) is 0 Å². The molecule has 1 heterocycles. The Balaban J connectivity index is 0.00000180. The lowest BCUT2D eigenvalue weighted by atomic mass is 10.1. The van der Waals surface area contributed by atoms with Gasteiger partial charge in [0.1, 0.15) is 0 Å². The zero-order valence-corrected chi connectivity index (χ0v) is 13.9. The molecule has 1 saturated heterocycles. The van der Waals surface area contributed by atoms with Crippen LogP contribution in [0.3, 0.4) is 0 Å². The molecule has 0 bridgehead atoms. The first-order valence-corrected chi connectivity index (χ1v) is 6.52. The zero-order chi connectivity index (χ0) is 12.8. The minimum absolute atomic E-state index is 0. The Morgan fingerprint density at radius 3 is 2.74 bits per heavy atom. The second-order valence-electron chi connectivity index (χ2n) is 4.64. The molecule has 2 N–H and O–H groups in total. The lowest BCUT2D eigenvalue weighted by Crippen LogP contribution is -2.38. The molecule has 0 amide bonds. The Hall–Kier alpha value is -0.980. The lowest BCUT2D eigenvalue weighted by Gasteiger charge is -2.19. The van der Waals surface area contributed by atoms with E-state index in [1.807, 2.05) is 7.05 Å². The van der Waals surface area contributed by atoms with E-state index in [0.717, 1.165) is 25.6 Å². The molecule has 1 aromatic rings. The van der Waals surface area contributed by atoms with Crippen LogP contribution < -0.4 is 15.5 Å². The molecular weight excluding hydrogens is 351 g/mol. The van der Waals surface area contributed by atoms with Crippen molar-refractivity contribution in [2.24, 2.45) is 10.9 Å². The predicted molar refractivity (Wildman–Crippen MR) is 92.6 cm³/mol. The molecule has 5 heteroatoms. The zero-order valence-electron chi connectivity index (χ0n) is 11.6. The Morgan fingerprint density at radius 2 is 2.11 bits per heavy atom. The molecule has 2 rings (SSSR count). The standard InChI is InChI=1S/C14H22N4.HI/c1-15-14(16-2)17-10-12-8-9-18(11-12)13-6-4-3-5-7-13;/h3-7,12H,8-11H2,1-2H3,(H2,15,16,17);1H. The first-order valence-electron chi connectivity index (χ1n) is 6.52. The fourth-order valence-corrected chi connectivity index (χ4v) is 2.39. The number of hydrogen-bond donors (Lipinski definition) is 2. The molecule has 1 unspecified atom stereocenters. The van der Waals surface area contributed by atoms with E-state index < -0.39 is 0 Å². The molecular formula is C14H23IN4. The Bertz CT molecular complexity index is 394. The van der Waals surface area contributed by atoms with Crippen LogP contribution in [0.1, 0.15) is 6.42 Å². The maximum absolute atomic E-state index is 4.13. The number of anilines is 1. The molecule has 0 radical (unpaired) electrons. The van der Waals surface area contributed by atoms with Crippen molar-refractivity contribution < 1.29 is 0 Å². The highest BCUT2D eigenvalue weighted by Crippen LogP contribution is 2.22. The van der Waals surface area contributed by atoms with Gasteiger partial charge in [-0.3, -0.25) is 4.99 Å². The maximum atomic E-state index is 4.13. The summed E-state index contributed by atoms with van der Waals surface area (Å²) >= 11 is 0. The summed E-state index contributed by atoms with van der Waals surface area (Å²) in [5.74, 6) is 1.56. The molecule has 1 aromatic carbocycles. The predicted octanol–water partition coefficient (Wildman–Crippen LogP) is 1.93. The van der Waals surface area contributed by atoms with Gasteiger partial charge in [0.2, 0.25) is 0 Å². The largest absolute Gasteiger partial charge is 0.371 e. The van der Waals surface area contributed by atoms with E-state index in [1.54, 1.807) is 7.05 Å². The summed E-state index contributed by atoms with van der Waals surface area (Å²) in [6, 6.07) is 10.6. The van der Waals surface area contributed by atoms with Gasteiger partial charge in [-0.1, -0.05) is 18.2 Å². The van der Waals surface area contributed by atoms with E-state index in [-0.39, 0.29) is 24.0 Å². The van der Waals surface area contributed by atoms with Crippen molar-refractivity contribution in [3.05, 3.63) is 30.3 Å². The molecule has 0 saturated carbocycles. The van der Waals surface area contributed by atoms with Crippen LogP contribution in [0.25, 0.3) is 0 Å². The van der Waals surface area contributed by atoms with Crippen LogP contribution in [0.4, 0.5) is 5.69 Å². The Kier molecular flexibility index (Phi) is 6.97.